The van der Waals surface area contributed by atoms with E-state index >= 15 is 0 Å². The number of carbonyl (C=O) groups excluding carboxylic acids is 1. The van der Waals surface area contributed by atoms with Crippen LogP contribution in [0.15, 0.2) is 36.5 Å². The van der Waals surface area contributed by atoms with Crippen LogP contribution in [0.4, 0.5) is 0 Å². The van der Waals surface area contributed by atoms with Crippen LogP contribution in [0.5, 0.6) is 0 Å². The highest BCUT2D eigenvalue weighted by atomic mass is 16.7. The number of ether oxygens (including phenoxy) is 3. The first-order valence-electron chi connectivity index (χ1n) is 9.02. The maximum Gasteiger partial charge on any atom is 0.330 e. The second-order valence-electron chi connectivity index (χ2n) is 7.53. The number of benzene rings is 1. The van der Waals surface area contributed by atoms with Crippen LogP contribution in [0, 0.1) is 0 Å². The average molecular weight is 357 g/mol. The minimum atomic E-state index is -0.572. The highest BCUT2D eigenvalue weighted by molar-refractivity contribution is 5.94. The molecular formula is C21H27NO4. The lowest BCUT2D eigenvalue weighted by atomic mass is 9.97. The molecule has 5 nitrogen and oxygen atoms in total. The Morgan fingerprint density at radius 3 is 2.77 bits per heavy atom. The molecule has 0 saturated carbocycles. The fourth-order valence-electron chi connectivity index (χ4n) is 3.35. The van der Waals surface area contributed by atoms with Crippen LogP contribution in [0.3, 0.4) is 0 Å². The number of carbonyl (C=O) groups is 1. The van der Waals surface area contributed by atoms with Gasteiger partial charge in [0.25, 0.3) is 0 Å². The predicted octanol–water partition coefficient (Wildman–Crippen LogP) is 4.10. The summed E-state index contributed by atoms with van der Waals surface area (Å²) in [7, 11) is 0. The van der Waals surface area contributed by atoms with E-state index in [0.717, 1.165) is 16.5 Å². The third kappa shape index (κ3) is 3.55. The van der Waals surface area contributed by atoms with Gasteiger partial charge in [-0.15, -0.1) is 0 Å². The highest BCUT2D eigenvalue weighted by Crippen LogP contribution is 2.36. The van der Waals surface area contributed by atoms with Crippen LogP contribution in [-0.2, 0) is 24.5 Å². The van der Waals surface area contributed by atoms with Crippen molar-refractivity contribution in [3.63, 3.8) is 0 Å². The van der Waals surface area contributed by atoms with E-state index in [1.807, 2.05) is 32.1 Å². The van der Waals surface area contributed by atoms with Crippen molar-refractivity contribution >= 4 is 22.9 Å². The molecule has 1 aromatic heterocycles. The Balaban J connectivity index is 2.00. The molecule has 5 heteroatoms. The molecule has 3 rings (SSSR count). The van der Waals surface area contributed by atoms with Crippen LogP contribution in [0.2, 0.25) is 0 Å². The minimum absolute atomic E-state index is 0.0739. The summed E-state index contributed by atoms with van der Waals surface area (Å²) in [5.74, 6) is -0.907. The fraction of sp³-hybridized carbons (Fsp3) is 0.476. The first-order chi connectivity index (χ1) is 12.2. The van der Waals surface area contributed by atoms with E-state index in [1.54, 1.807) is 6.92 Å². The summed E-state index contributed by atoms with van der Waals surface area (Å²) in [6.45, 7) is 10.9. The second-order valence-corrected chi connectivity index (χ2v) is 7.53. The number of fused-ring (bicyclic) bond motifs is 1. The molecule has 0 unspecified atom stereocenters. The van der Waals surface area contributed by atoms with E-state index < -0.39 is 5.79 Å². The fourth-order valence-corrected chi connectivity index (χ4v) is 3.35. The Labute approximate surface area is 154 Å². The van der Waals surface area contributed by atoms with Crippen molar-refractivity contribution in [3.8, 4) is 0 Å². The molecule has 0 amide bonds. The Hall–Kier alpha value is -2.11. The summed E-state index contributed by atoms with van der Waals surface area (Å²) in [4.78, 5) is 11.7. The Kier molecular flexibility index (Phi) is 4.95. The van der Waals surface area contributed by atoms with E-state index in [0.29, 0.717) is 13.2 Å². The maximum absolute atomic E-state index is 11.7. The first kappa shape index (κ1) is 18.7. The molecule has 0 N–H and O–H groups in total. The Morgan fingerprint density at radius 1 is 1.38 bits per heavy atom. The third-order valence-corrected chi connectivity index (χ3v) is 4.85. The Bertz CT molecular complexity index is 832. The number of nitrogens with zero attached hydrogens (tertiary/aromatic N) is 1. The van der Waals surface area contributed by atoms with E-state index in [4.69, 9.17) is 14.2 Å². The number of hydrogen-bond acceptors (Lipinski definition) is 4. The molecule has 1 aromatic carbocycles. The zero-order chi connectivity index (χ0) is 18.9. The van der Waals surface area contributed by atoms with Gasteiger partial charge in [-0.25, -0.2) is 4.79 Å². The SMILES string of the molecule is CCOC(=O)/C=C/c1cn(C(C)(C)[C@@H]2COC(C)(C)O2)c2ccccc12. The van der Waals surface area contributed by atoms with Gasteiger partial charge < -0.3 is 18.8 Å². The van der Waals surface area contributed by atoms with Crippen molar-refractivity contribution in [2.45, 2.75) is 52.0 Å². The summed E-state index contributed by atoms with van der Waals surface area (Å²) in [5.41, 5.74) is 1.75. The summed E-state index contributed by atoms with van der Waals surface area (Å²) in [6, 6.07) is 8.16. The lowest BCUT2D eigenvalue weighted by molar-refractivity contribution is -0.149. The van der Waals surface area contributed by atoms with Crippen LogP contribution >= 0.6 is 0 Å². The highest BCUT2D eigenvalue weighted by Gasteiger charge is 2.43. The molecular weight excluding hydrogens is 330 g/mol. The van der Waals surface area contributed by atoms with E-state index in [1.165, 1.54) is 6.08 Å². The third-order valence-electron chi connectivity index (χ3n) is 4.85. The molecule has 2 heterocycles. The first-order valence-corrected chi connectivity index (χ1v) is 9.02. The van der Waals surface area contributed by atoms with Gasteiger partial charge in [0.1, 0.15) is 6.10 Å². The Morgan fingerprint density at radius 2 is 2.12 bits per heavy atom. The molecule has 140 valence electrons. The summed E-state index contributed by atoms with van der Waals surface area (Å²) < 4.78 is 19.1. The smallest absolute Gasteiger partial charge is 0.330 e. The van der Waals surface area contributed by atoms with Crippen molar-refractivity contribution in [3.05, 3.63) is 42.1 Å². The molecule has 26 heavy (non-hydrogen) atoms. The summed E-state index contributed by atoms with van der Waals surface area (Å²) >= 11 is 0. The van der Waals surface area contributed by atoms with E-state index in [9.17, 15) is 4.79 Å². The van der Waals surface area contributed by atoms with Gasteiger partial charge in [0.15, 0.2) is 5.79 Å². The largest absolute Gasteiger partial charge is 0.463 e. The van der Waals surface area contributed by atoms with Gasteiger partial charge in [-0.1, -0.05) is 18.2 Å². The van der Waals surface area contributed by atoms with Gasteiger partial charge in [0.05, 0.1) is 18.8 Å². The van der Waals surface area contributed by atoms with Crippen LogP contribution < -0.4 is 0 Å². The zero-order valence-electron chi connectivity index (χ0n) is 16.1. The molecule has 1 atom stereocenters. The van der Waals surface area contributed by atoms with Crippen LogP contribution in [0.25, 0.3) is 17.0 Å². The lowest BCUT2D eigenvalue weighted by Gasteiger charge is -2.33. The molecule has 0 bridgehead atoms. The second kappa shape index (κ2) is 6.89. The predicted molar refractivity (Wildman–Crippen MR) is 102 cm³/mol. The van der Waals surface area contributed by atoms with Crippen molar-refractivity contribution in [2.75, 3.05) is 13.2 Å². The van der Waals surface area contributed by atoms with Crippen molar-refractivity contribution in [1.29, 1.82) is 0 Å². The lowest BCUT2D eigenvalue weighted by Crippen LogP contribution is -2.41. The molecule has 2 aromatic rings. The maximum atomic E-state index is 11.7. The number of esters is 1. The number of hydrogen-bond donors (Lipinski definition) is 0. The van der Waals surface area contributed by atoms with E-state index in [2.05, 4.69) is 36.7 Å². The van der Waals surface area contributed by atoms with Gasteiger partial charge >= 0.3 is 5.97 Å². The standard InChI is InChI=1S/C21H27NO4/c1-6-24-19(23)12-11-15-13-22(17-10-8-7-9-16(15)17)20(2,3)18-14-25-21(4,5)26-18/h7-13,18H,6,14H2,1-5H3/b12-11+/t18-/m0/s1. The van der Waals surface area contributed by atoms with Gasteiger partial charge in [-0.3, -0.25) is 0 Å². The monoisotopic (exact) mass is 357 g/mol. The van der Waals surface area contributed by atoms with Crippen molar-refractivity contribution < 1.29 is 19.0 Å². The molecule has 1 fully saturated rings. The van der Waals surface area contributed by atoms with Gasteiger partial charge in [0, 0.05) is 28.7 Å². The number of aromatic nitrogens is 1. The number of para-hydroxylation sites is 1. The number of rotatable bonds is 5. The van der Waals surface area contributed by atoms with Gasteiger partial charge in [0.2, 0.25) is 0 Å². The van der Waals surface area contributed by atoms with Gasteiger partial charge in [-0.2, -0.15) is 0 Å². The summed E-state index contributed by atoms with van der Waals surface area (Å²) in [6.07, 6.45) is 5.27. The minimum Gasteiger partial charge on any atom is -0.463 e. The van der Waals surface area contributed by atoms with Gasteiger partial charge in [-0.05, 0) is 46.8 Å². The summed E-state index contributed by atoms with van der Waals surface area (Å²) in [5, 5.41) is 1.08. The van der Waals surface area contributed by atoms with Crippen molar-refractivity contribution in [1.82, 2.24) is 4.57 Å². The molecule has 1 saturated heterocycles. The van der Waals surface area contributed by atoms with Crippen LogP contribution in [-0.4, -0.2) is 35.6 Å². The van der Waals surface area contributed by atoms with E-state index in [-0.39, 0.29) is 17.6 Å². The van der Waals surface area contributed by atoms with Crippen LogP contribution in [0.1, 0.15) is 40.2 Å². The molecule has 0 aliphatic carbocycles. The molecule has 1 aliphatic heterocycles. The van der Waals surface area contributed by atoms with Crippen molar-refractivity contribution in [2.24, 2.45) is 0 Å². The zero-order valence-corrected chi connectivity index (χ0v) is 16.1. The molecule has 0 radical (unpaired) electrons. The molecule has 1 aliphatic rings. The normalized spacial score (nSPS) is 20.1. The average Bonchev–Trinajstić information content (AvgIpc) is 3.14. The quantitative estimate of drug-likeness (QED) is 0.597. The topological polar surface area (TPSA) is 49.7 Å². The molecule has 0 spiro atoms.